The van der Waals surface area contributed by atoms with Crippen LogP contribution >= 0.6 is 0 Å². The van der Waals surface area contributed by atoms with E-state index in [1.54, 1.807) is 26.4 Å². The van der Waals surface area contributed by atoms with Gasteiger partial charge < -0.3 is 19.4 Å². The molecule has 0 atom stereocenters. The van der Waals surface area contributed by atoms with E-state index in [9.17, 15) is 4.79 Å². The van der Waals surface area contributed by atoms with Gasteiger partial charge in [0.1, 0.15) is 0 Å². The third kappa shape index (κ3) is 16.0. The zero-order chi connectivity index (χ0) is 25.0. The van der Waals surface area contributed by atoms with Crippen LogP contribution < -0.4 is 4.74 Å². The van der Waals surface area contributed by atoms with Gasteiger partial charge in [-0.1, -0.05) is 77.0 Å². The number of hydrogen-bond donors (Lipinski definition) is 0. The van der Waals surface area contributed by atoms with Crippen molar-refractivity contribution in [3.63, 3.8) is 0 Å². The molecule has 1 rings (SSSR count). The first kappa shape index (κ1) is 30.4. The first-order valence-electron chi connectivity index (χ1n) is 13.6. The minimum Gasteiger partial charge on any atom is -0.408 e. The molecule has 0 aliphatic heterocycles. The van der Waals surface area contributed by atoms with E-state index in [4.69, 9.17) is 4.74 Å². The van der Waals surface area contributed by atoms with Crippen molar-refractivity contribution in [3.05, 3.63) is 24.0 Å². The molecule has 0 saturated heterocycles. The average Bonchev–Trinajstić information content (AvgIpc) is 2.79. The van der Waals surface area contributed by atoms with E-state index >= 15 is 0 Å². The zero-order valence-electron chi connectivity index (χ0n) is 22.9. The lowest BCUT2D eigenvalue weighted by atomic mass is 10.0. The topological polar surface area (TPSA) is 48.9 Å². The van der Waals surface area contributed by atoms with Crippen molar-refractivity contribution < 1.29 is 9.53 Å². The lowest BCUT2D eigenvalue weighted by Crippen LogP contribution is -2.26. The number of aromatic nitrogens is 1. The standard InChI is InChI=1S/C28H52N4O2/c1-30(2)23-18-16-14-12-10-8-6-7-9-11-13-15-17-19-24-32(5)25-26-27(21-20-22-29-26)34-28(33)31(3)4/h20-22H,6-19,23-25H2,1-5H3. The zero-order valence-corrected chi connectivity index (χ0v) is 22.9. The van der Waals surface area contributed by atoms with Crippen LogP contribution in [0, 0.1) is 0 Å². The van der Waals surface area contributed by atoms with E-state index in [0.29, 0.717) is 12.3 Å². The van der Waals surface area contributed by atoms with E-state index in [2.05, 4.69) is 35.9 Å². The van der Waals surface area contributed by atoms with Crippen LogP contribution in [0.1, 0.15) is 95.6 Å². The van der Waals surface area contributed by atoms with Gasteiger partial charge in [0.2, 0.25) is 0 Å². The molecule has 0 fully saturated rings. The summed E-state index contributed by atoms with van der Waals surface area (Å²) in [7, 11) is 9.79. The smallest absolute Gasteiger partial charge is 0.408 e. The molecule has 0 N–H and O–H groups in total. The molecule has 0 unspecified atom stereocenters. The largest absolute Gasteiger partial charge is 0.414 e. The second-order valence-corrected chi connectivity index (χ2v) is 10.2. The highest BCUT2D eigenvalue weighted by Gasteiger charge is 2.13. The summed E-state index contributed by atoms with van der Waals surface area (Å²) in [5, 5.41) is 0. The number of pyridine rings is 1. The second kappa shape index (κ2) is 19.6. The maximum atomic E-state index is 11.9. The normalized spacial score (nSPS) is 11.4. The average molecular weight is 477 g/mol. The number of hydrogen-bond acceptors (Lipinski definition) is 5. The lowest BCUT2D eigenvalue weighted by molar-refractivity contribution is 0.170. The third-order valence-corrected chi connectivity index (χ3v) is 6.23. The summed E-state index contributed by atoms with van der Waals surface area (Å²) in [6.07, 6.45) is 20.6. The molecule has 0 bridgehead atoms. The minimum atomic E-state index is -0.372. The Bertz CT molecular complexity index is 637. The molecule has 1 aromatic rings. The van der Waals surface area contributed by atoms with Crippen molar-refractivity contribution in [1.82, 2.24) is 19.7 Å². The van der Waals surface area contributed by atoms with E-state index in [0.717, 1.165) is 12.2 Å². The van der Waals surface area contributed by atoms with Gasteiger partial charge in [-0.2, -0.15) is 0 Å². The fraction of sp³-hybridized carbons (Fsp3) is 0.786. The molecule has 1 heterocycles. The number of carbonyl (C=O) groups excluding carboxylic acids is 1. The molecule has 1 amide bonds. The van der Waals surface area contributed by atoms with Gasteiger partial charge in [0, 0.05) is 26.8 Å². The summed E-state index contributed by atoms with van der Waals surface area (Å²) in [5.41, 5.74) is 0.810. The van der Waals surface area contributed by atoms with Crippen LogP contribution in [-0.4, -0.2) is 74.1 Å². The van der Waals surface area contributed by atoms with E-state index < -0.39 is 0 Å². The molecule has 0 radical (unpaired) electrons. The van der Waals surface area contributed by atoms with Gasteiger partial charge in [-0.15, -0.1) is 0 Å². The van der Waals surface area contributed by atoms with Crippen LogP contribution in [0.25, 0.3) is 0 Å². The van der Waals surface area contributed by atoms with Crippen molar-refractivity contribution >= 4 is 6.09 Å². The Morgan fingerprint density at radius 2 is 1.21 bits per heavy atom. The van der Waals surface area contributed by atoms with E-state index in [-0.39, 0.29) is 6.09 Å². The lowest BCUT2D eigenvalue weighted by Gasteiger charge is -2.18. The Kier molecular flexibility index (Phi) is 17.5. The monoisotopic (exact) mass is 476 g/mol. The van der Waals surface area contributed by atoms with Crippen LogP contribution in [0.3, 0.4) is 0 Å². The van der Waals surface area contributed by atoms with Gasteiger partial charge in [0.05, 0.1) is 5.69 Å². The predicted molar refractivity (Wildman–Crippen MR) is 143 cm³/mol. The summed E-state index contributed by atoms with van der Waals surface area (Å²) in [4.78, 5) is 22.2. The molecule has 6 heteroatoms. The Morgan fingerprint density at radius 1 is 0.735 bits per heavy atom. The summed E-state index contributed by atoms with van der Waals surface area (Å²) in [5.74, 6) is 0.549. The molecule has 1 aromatic heterocycles. The third-order valence-electron chi connectivity index (χ3n) is 6.23. The summed E-state index contributed by atoms with van der Waals surface area (Å²) >= 11 is 0. The maximum Gasteiger partial charge on any atom is 0.414 e. The first-order chi connectivity index (χ1) is 16.4. The Labute approximate surface area is 210 Å². The molecule has 0 aliphatic carbocycles. The van der Waals surface area contributed by atoms with Gasteiger partial charge in [0.25, 0.3) is 0 Å². The molecular formula is C28H52N4O2. The predicted octanol–water partition coefficient (Wildman–Crippen LogP) is 6.60. The van der Waals surface area contributed by atoms with Gasteiger partial charge >= 0.3 is 6.09 Å². The van der Waals surface area contributed by atoms with Crippen molar-refractivity contribution in [2.45, 2.75) is 96.4 Å². The van der Waals surface area contributed by atoms with Gasteiger partial charge in [-0.3, -0.25) is 4.98 Å². The first-order valence-corrected chi connectivity index (χ1v) is 13.6. The minimum absolute atomic E-state index is 0.372. The Balaban J connectivity index is 1.97. The van der Waals surface area contributed by atoms with Gasteiger partial charge in [0.15, 0.2) is 5.75 Å². The van der Waals surface area contributed by atoms with Gasteiger partial charge in [-0.05, 0) is 59.2 Å². The number of nitrogens with zero attached hydrogens (tertiary/aromatic N) is 4. The van der Waals surface area contributed by atoms with E-state index in [1.807, 2.05) is 6.07 Å². The number of carbonyl (C=O) groups is 1. The van der Waals surface area contributed by atoms with Crippen molar-refractivity contribution in [2.75, 3.05) is 48.3 Å². The maximum absolute atomic E-state index is 11.9. The fourth-order valence-electron chi connectivity index (χ4n) is 4.09. The highest BCUT2D eigenvalue weighted by Crippen LogP contribution is 2.18. The van der Waals surface area contributed by atoms with Crippen LogP contribution in [0.15, 0.2) is 18.3 Å². The molecule has 34 heavy (non-hydrogen) atoms. The van der Waals surface area contributed by atoms with Crippen LogP contribution in [0.5, 0.6) is 5.75 Å². The van der Waals surface area contributed by atoms with Crippen molar-refractivity contribution in [2.24, 2.45) is 0 Å². The van der Waals surface area contributed by atoms with Crippen molar-refractivity contribution in [1.29, 1.82) is 0 Å². The molecule has 196 valence electrons. The Hall–Kier alpha value is -1.66. The number of amides is 1. The number of ether oxygens (including phenoxy) is 1. The molecule has 6 nitrogen and oxygen atoms in total. The van der Waals surface area contributed by atoms with Crippen LogP contribution in [0.4, 0.5) is 4.79 Å². The molecule has 0 aromatic carbocycles. The van der Waals surface area contributed by atoms with E-state index in [1.165, 1.54) is 101 Å². The summed E-state index contributed by atoms with van der Waals surface area (Å²) < 4.78 is 5.44. The highest BCUT2D eigenvalue weighted by molar-refractivity contribution is 5.70. The number of unbranched alkanes of at least 4 members (excludes halogenated alkanes) is 13. The molecular weight excluding hydrogens is 424 g/mol. The molecule has 0 spiro atoms. The van der Waals surface area contributed by atoms with Crippen LogP contribution in [0.2, 0.25) is 0 Å². The second-order valence-electron chi connectivity index (χ2n) is 10.2. The Morgan fingerprint density at radius 3 is 1.68 bits per heavy atom. The fourth-order valence-corrected chi connectivity index (χ4v) is 4.09. The highest BCUT2D eigenvalue weighted by atomic mass is 16.6. The van der Waals surface area contributed by atoms with Crippen molar-refractivity contribution in [3.8, 4) is 5.75 Å². The molecule has 0 saturated carbocycles. The van der Waals surface area contributed by atoms with Crippen LogP contribution in [-0.2, 0) is 6.54 Å². The number of rotatable bonds is 20. The SMILES string of the molecule is CN(C)CCCCCCCCCCCCCCCCN(C)Cc1ncccc1OC(=O)N(C)C. The quantitative estimate of drug-likeness (QED) is 0.199. The summed E-state index contributed by atoms with van der Waals surface area (Å²) in [6, 6.07) is 3.61. The summed E-state index contributed by atoms with van der Waals surface area (Å²) in [6.45, 7) is 2.96. The van der Waals surface area contributed by atoms with Gasteiger partial charge in [-0.25, -0.2) is 4.79 Å². The molecule has 0 aliphatic rings.